The first-order valence-corrected chi connectivity index (χ1v) is 12.5. The van der Waals surface area contributed by atoms with E-state index in [4.69, 9.17) is 15.2 Å². The first-order valence-electron chi connectivity index (χ1n) is 11.0. The SMILES string of the molecule is COC(=O)c1cc(S(=O)(=O)NCCOC(=O)[C@@H](N)Cc2ccc(C(C)(C)C)cc2)cc(C)c1C. The Bertz CT molecular complexity index is 1140. The minimum absolute atomic E-state index is 0.0328. The predicted molar refractivity (Wildman–Crippen MR) is 130 cm³/mol. The maximum atomic E-state index is 12.6. The lowest BCUT2D eigenvalue weighted by molar-refractivity contribution is -0.144. The van der Waals surface area contributed by atoms with Crippen LogP contribution < -0.4 is 10.5 Å². The lowest BCUT2D eigenvalue weighted by atomic mass is 9.86. The lowest BCUT2D eigenvalue weighted by Crippen LogP contribution is -2.36. The molecule has 9 heteroatoms. The van der Waals surface area contributed by atoms with Crippen LogP contribution in [0.3, 0.4) is 0 Å². The van der Waals surface area contributed by atoms with E-state index in [1.54, 1.807) is 13.8 Å². The molecule has 0 spiro atoms. The van der Waals surface area contributed by atoms with Crippen molar-refractivity contribution < 1.29 is 27.5 Å². The molecule has 2 rings (SSSR count). The van der Waals surface area contributed by atoms with Gasteiger partial charge in [-0.1, -0.05) is 45.0 Å². The van der Waals surface area contributed by atoms with Crippen LogP contribution in [0.1, 0.15) is 53.4 Å². The molecule has 0 aliphatic carbocycles. The molecule has 8 nitrogen and oxygen atoms in total. The number of nitrogens with two attached hydrogens (primary N) is 1. The largest absolute Gasteiger partial charge is 0.465 e. The molecule has 0 aliphatic heterocycles. The fraction of sp³-hybridized carbons (Fsp3) is 0.440. The van der Waals surface area contributed by atoms with Crippen molar-refractivity contribution >= 4 is 22.0 Å². The molecule has 1 atom stereocenters. The topological polar surface area (TPSA) is 125 Å². The molecule has 3 N–H and O–H groups in total. The number of hydrogen-bond acceptors (Lipinski definition) is 7. The number of sulfonamides is 1. The lowest BCUT2D eigenvalue weighted by Gasteiger charge is -2.19. The van der Waals surface area contributed by atoms with Gasteiger partial charge < -0.3 is 15.2 Å². The molecule has 0 unspecified atom stereocenters. The highest BCUT2D eigenvalue weighted by Gasteiger charge is 2.21. The summed E-state index contributed by atoms with van der Waals surface area (Å²) in [6, 6.07) is 9.78. The van der Waals surface area contributed by atoms with Crippen LogP contribution in [0, 0.1) is 13.8 Å². The first kappa shape index (κ1) is 27.5. The second-order valence-corrected chi connectivity index (χ2v) is 11.0. The number of ether oxygens (including phenoxy) is 2. The van der Waals surface area contributed by atoms with E-state index >= 15 is 0 Å². The summed E-state index contributed by atoms with van der Waals surface area (Å²) in [6.45, 7) is 9.48. The van der Waals surface area contributed by atoms with Crippen molar-refractivity contribution in [2.75, 3.05) is 20.3 Å². The Morgan fingerprint density at radius 1 is 1.09 bits per heavy atom. The number of carbonyl (C=O) groups is 2. The van der Waals surface area contributed by atoms with Crippen LogP contribution in [0.15, 0.2) is 41.3 Å². The molecule has 0 saturated heterocycles. The van der Waals surface area contributed by atoms with Crippen molar-refractivity contribution in [3.05, 3.63) is 64.2 Å². The van der Waals surface area contributed by atoms with Crippen LogP contribution in [0.2, 0.25) is 0 Å². The summed E-state index contributed by atoms with van der Waals surface area (Å²) in [7, 11) is -2.69. The molecule has 0 amide bonds. The molecule has 2 aromatic carbocycles. The van der Waals surface area contributed by atoms with Gasteiger partial charge in [-0.3, -0.25) is 4.79 Å². The Morgan fingerprint density at radius 3 is 2.26 bits per heavy atom. The number of rotatable bonds is 9. The Hall–Kier alpha value is -2.75. The molecule has 2 aromatic rings. The van der Waals surface area contributed by atoms with Gasteiger partial charge in [0.1, 0.15) is 12.6 Å². The average molecular weight is 491 g/mol. The van der Waals surface area contributed by atoms with Crippen LogP contribution >= 0.6 is 0 Å². The number of methoxy groups -OCH3 is 1. The number of carbonyl (C=O) groups excluding carboxylic acids is 2. The van der Waals surface area contributed by atoms with Gasteiger partial charge in [-0.25, -0.2) is 17.9 Å². The Morgan fingerprint density at radius 2 is 1.71 bits per heavy atom. The summed E-state index contributed by atoms with van der Waals surface area (Å²) in [5, 5.41) is 0. The van der Waals surface area contributed by atoms with Crippen molar-refractivity contribution in [2.24, 2.45) is 5.73 Å². The number of benzene rings is 2. The van der Waals surface area contributed by atoms with Crippen molar-refractivity contribution in [3.63, 3.8) is 0 Å². The molecular weight excluding hydrogens is 456 g/mol. The van der Waals surface area contributed by atoms with E-state index in [0.29, 0.717) is 17.5 Å². The van der Waals surface area contributed by atoms with Crippen molar-refractivity contribution in [3.8, 4) is 0 Å². The van der Waals surface area contributed by atoms with Gasteiger partial charge >= 0.3 is 11.9 Å². The number of aryl methyl sites for hydroxylation is 1. The summed E-state index contributed by atoms with van der Waals surface area (Å²) in [4.78, 5) is 24.1. The molecule has 0 heterocycles. The van der Waals surface area contributed by atoms with Gasteiger partial charge in [-0.2, -0.15) is 0 Å². The molecule has 0 radical (unpaired) electrons. The molecule has 0 aromatic heterocycles. The van der Waals surface area contributed by atoms with Gasteiger partial charge in [0, 0.05) is 6.54 Å². The number of esters is 2. The second kappa shape index (κ2) is 11.1. The highest BCUT2D eigenvalue weighted by Crippen LogP contribution is 2.23. The zero-order valence-electron chi connectivity index (χ0n) is 20.6. The molecule has 34 heavy (non-hydrogen) atoms. The third-order valence-electron chi connectivity index (χ3n) is 5.57. The number of nitrogens with one attached hydrogen (secondary N) is 1. The van der Waals surface area contributed by atoms with E-state index in [2.05, 4.69) is 25.5 Å². The fourth-order valence-electron chi connectivity index (χ4n) is 3.30. The molecule has 0 fully saturated rings. The van der Waals surface area contributed by atoms with E-state index in [1.807, 2.05) is 24.3 Å². The zero-order chi connectivity index (χ0) is 25.7. The summed E-state index contributed by atoms with van der Waals surface area (Å²) >= 11 is 0. The molecule has 0 aliphatic rings. The predicted octanol–water partition coefficient (Wildman–Crippen LogP) is 2.78. The van der Waals surface area contributed by atoms with E-state index in [0.717, 1.165) is 5.56 Å². The van der Waals surface area contributed by atoms with Crippen LogP contribution in [-0.4, -0.2) is 46.7 Å². The quantitative estimate of drug-likeness (QED) is 0.409. The zero-order valence-corrected chi connectivity index (χ0v) is 21.4. The Balaban J connectivity index is 1.91. The molecule has 0 bridgehead atoms. The molecule has 186 valence electrons. The monoisotopic (exact) mass is 490 g/mol. The maximum Gasteiger partial charge on any atom is 0.338 e. The number of hydrogen-bond donors (Lipinski definition) is 2. The first-order chi connectivity index (χ1) is 15.8. The smallest absolute Gasteiger partial charge is 0.338 e. The summed E-state index contributed by atoms with van der Waals surface area (Å²) < 4.78 is 37.5. The Labute approximate surface area is 201 Å². The van der Waals surface area contributed by atoms with E-state index in [1.165, 1.54) is 24.8 Å². The third kappa shape index (κ3) is 7.12. The Kier molecular flexibility index (Phi) is 8.99. The second-order valence-electron chi connectivity index (χ2n) is 9.23. The van der Waals surface area contributed by atoms with Gasteiger partial charge in [0.25, 0.3) is 0 Å². The molecule has 0 saturated carbocycles. The standard InChI is InChI=1S/C25H34N2O6S/c1-16-13-20(15-21(17(16)2)23(28)32-6)34(30,31)27-11-12-33-24(29)22(26)14-18-7-9-19(10-8-18)25(3,4)5/h7-10,13,15,22,27H,11-12,14,26H2,1-6H3/t22-/m0/s1. The summed E-state index contributed by atoms with van der Waals surface area (Å²) in [6.07, 6.45) is 0.313. The van der Waals surface area contributed by atoms with E-state index in [9.17, 15) is 18.0 Å². The van der Waals surface area contributed by atoms with Gasteiger partial charge in [-0.05, 0) is 60.1 Å². The maximum absolute atomic E-state index is 12.6. The van der Waals surface area contributed by atoms with Gasteiger partial charge in [0.2, 0.25) is 10.0 Å². The van der Waals surface area contributed by atoms with Gasteiger partial charge in [0.05, 0.1) is 17.6 Å². The van der Waals surface area contributed by atoms with E-state index in [-0.39, 0.29) is 29.0 Å². The summed E-state index contributed by atoms with van der Waals surface area (Å²) in [5.74, 6) is -1.23. The normalized spacial score (nSPS) is 12.8. The van der Waals surface area contributed by atoms with E-state index < -0.39 is 28.0 Å². The highest BCUT2D eigenvalue weighted by molar-refractivity contribution is 7.89. The van der Waals surface area contributed by atoms with Crippen molar-refractivity contribution in [1.82, 2.24) is 4.72 Å². The van der Waals surface area contributed by atoms with Crippen molar-refractivity contribution in [2.45, 2.75) is 57.4 Å². The fourth-order valence-corrected chi connectivity index (χ4v) is 4.42. The molecular formula is C25H34N2O6S. The summed E-state index contributed by atoms with van der Waals surface area (Å²) in [5.41, 5.74) is 9.54. The minimum atomic E-state index is -3.93. The van der Waals surface area contributed by atoms with Crippen LogP contribution in [0.25, 0.3) is 0 Å². The minimum Gasteiger partial charge on any atom is -0.465 e. The van der Waals surface area contributed by atoms with Gasteiger partial charge in [-0.15, -0.1) is 0 Å². The third-order valence-corrected chi connectivity index (χ3v) is 7.01. The van der Waals surface area contributed by atoms with Crippen LogP contribution in [-0.2, 0) is 36.1 Å². The highest BCUT2D eigenvalue weighted by atomic mass is 32.2. The van der Waals surface area contributed by atoms with Gasteiger partial charge in [0.15, 0.2) is 0 Å². The van der Waals surface area contributed by atoms with Crippen LogP contribution in [0.5, 0.6) is 0 Å². The average Bonchev–Trinajstić information content (AvgIpc) is 2.77. The van der Waals surface area contributed by atoms with Crippen LogP contribution in [0.4, 0.5) is 0 Å². The van der Waals surface area contributed by atoms with Crippen molar-refractivity contribution in [1.29, 1.82) is 0 Å².